The molecule has 4 nitrogen and oxygen atoms in total. The number of nitrogens with zero attached hydrogens (tertiary/aromatic N) is 1. The maximum Gasteiger partial charge on any atom is 0.246 e. The van der Waals surface area contributed by atoms with E-state index in [2.05, 4.69) is 0 Å². The quantitative estimate of drug-likeness (QED) is 0.505. The minimum absolute atomic E-state index is 0.0467. The molecule has 1 heterocycles. The highest BCUT2D eigenvalue weighted by Gasteiger charge is 2.10. The van der Waals surface area contributed by atoms with E-state index in [0.29, 0.717) is 24.7 Å². The number of carbonyl (C=O) groups excluding carboxylic acids is 1. The third-order valence-electron chi connectivity index (χ3n) is 4.22. The Morgan fingerprint density at radius 1 is 1.07 bits per heavy atom. The molecule has 0 spiro atoms. The average Bonchev–Trinajstić information content (AvgIpc) is 3.25. The summed E-state index contributed by atoms with van der Waals surface area (Å²) in [5.41, 5.74) is 3.11. The van der Waals surface area contributed by atoms with Crippen molar-refractivity contribution in [3.05, 3.63) is 88.1 Å². The molecule has 0 saturated heterocycles. The maximum absolute atomic E-state index is 12.3. The van der Waals surface area contributed by atoms with Crippen LogP contribution in [0.1, 0.15) is 16.7 Å². The van der Waals surface area contributed by atoms with E-state index in [0.717, 1.165) is 16.7 Å². The second-order valence-electron chi connectivity index (χ2n) is 6.34. The topological polar surface area (TPSA) is 38.8 Å². The number of ether oxygens (including phenoxy) is 2. The second kappa shape index (κ2) is 9.76. The molecule has 28 heavy (non-hydrogen) atoms. The summed E-state index contributed by atoms with van der Waals surface area (Å²) in [6, 6.07) is 17.7. The smallest absolute Gasteiger partial charge is 0.246 e. The Hall–Kier alpha value is -3.05. The molecule has 0 N–H and O–H groups in total. The van der Waals surface area contributed by atoms with Crippen LogP contribution in [0.3, 0.4) is 0 Å². The molecule has 0 aliphatic heterocycles. The van der Waals surface area contributed by atoms with Crippen LogP contribution in [0.2, 0.25) is 0 Å². The van der Waals surface area contributed by atoms with Gasteiger partial charge in [0.25, 0.3) is 0 Å². The Bertz CT molecular complexity index is 920. The lowest BCUT2D eigenvalue weighted by molar-refractivity contribution is -0.125. The Balaban J connectivity index is 1.61. The van der Waals surface area contributed by atoms with Gasteiger partial charge in [-0.2, -0.15) is 11.3 Å². The molecule has 0 aliphatic carbocycles. The minimum Gasteiger partial charge on any atom is -0.493 e. The lowest BCUT2D eigenvalue weighted by Gasteiger charge is -2.17. The van der Waals surface area contributed by atoms with E-state index in [1.165, 1.54) is 0 Å². The Labute approximate surface area is 169 Å². The highest BCUT2D eigenvalue weighted by atomic mass is 32.1. The highest BCUT2D eigenvalue weighted by Crippen LogP contribution is 2.29. The number of hydrogen-bond donors (Lipinski definition) is 0. The van der Waals surface area contributed by atoms with Crippen molar-refractivity contribution in [2.45, 2.75) is 13.2 Å². The number of thiophene rings is 1. The van der Waals surface area contributed by atoms with Crippen LogP contribution in [0.4, 0.5) is 0 Å². The van der Waals surface area contributed by atoms with Crippen LogP contribution in [0.5, 0.6) is 11.5 Å². The van der Waals surface area contributed by atoms with E-state index in [1.54, 1.807) is 36.5 Å². The van der Waals surface area contributed by atoms with Gasteiger partial charge in [0.2, 0.25) is 5.91 Å². The summed E-state index contributed by atoms with van der Waals surface area (Å²) in [5.74, 6) is 1.29. The predicted molar refractivity (Wildman–Crippen MR) is 114 cm³/mol. The van der Waals surface area contributed by atoms with Crippen LogP contribution >= 0.6 is 11.3 Å². The SMILES string of the molecule is COc1cc(CN(C)C(=O)C=Cc2ccsc2)ccc1OCc1ccccc1. The molecule has 2 aromatic carbocycles. The van der Waals surface area contributed by atoms with Gasteiger partial charge in [-0.15, -0.1) is 0 Å². The van der Waals surface area contributed by atoms with Crippen molar-refractivity contribution in [3.8, 4) is 11.5 Å². The van der Waals surface area contributed by atoms with Gasteiger partial charge in [-0.25, -0.2) is 0 Å². The van der Waals surface area contributed by atoms with Crippen LogP contribution in [-0.4, -0.2) is 25.0 Å². The molecule has 0 radical (unpaired) electrons. The summed E-state index contributed by atoms with van der Waals surface area (Å²) >= 11 is 1.61. The monoisotopic (exact) mass is 393 g/mol. The van der Waals surface area contributed by atoms with Gasteiger partial charge in [0.1, 0.15) is 6.61 Å². The van der Waals surface area contributed by atoms with Crippen molar-refractivity contribution in [1.29, 1.82) is 0 Å². The zero-order valence-electron chi connectivity index (χ0n) is 16.0. The fourth-order valence-corrected chi connectivity index (χ4v) is 3.31. The molecule has 5 heteroatoms. The van der Waals surface area contributed by atoms with E-state index in [9.17, 15) is 4.79 Å². The molecule has 3 rings (SSSR count). The van der Waals surface area contributed by atoms with Gasteiger partial charge in [0.05, 0.1) is 7.11 Å². The number of rotatable bonds is 8. The average molecular weight is 394 g/mol. The molecule has 144 valence electrons. The van der Waals surface area contributed by atoms with E-state index < -0.39 is 0 Å². The molecule has 3 aromatic rings. The first-order chi connectivity index (χ1) is 13.7. The summed E-state index contributed by atoms with van der Waals surface area (Å²) in [5, 5.41) is 3.99. The van der Waals surface area contributed by atoms with Gasteiger partial charge in [0.15, 0.2) is 11.5 Å². The lowest BCUT2D eigenvalue weighted by Crippen LogP contribution is -2.24. The van der Waals surface area contributed by atoms with Gasteiger partial charge in [0, 0.05) is 19.7 Å². The standard InChI is InChI=1S/C23H23NO3S/c1-24(23(25)11-9-19-12-13-28-17-19)15-20-8-10-21(22(14-20)26-2)27-16-18-6-4-3-5-7-18/h3-14,17H,15-16H2,1-2H3. The summed E-state index contributed by atoms with van der Waals surface area (Å²) in [4.78, 5) is 14.0. The van der Waals surface area contributed by atoms with Gasteiger partial charge in [-0.1, -0.05) is 36.4 Å². The number of likely N-dealkylation sites (N-methyl/N-ethyl adjacent to an activating group) is 1. The molecule has 0 fully saturated rings. The molecule has 0 aliphatic rings. The first-order valence-electron chi connectivity index (χ1n) is 8.94. The van der Waals surface area contributed by atoms with E-state index >= 15 is 0 Å². The number of hydrogen-bond acceptors (Lipinski definition) is 4. The number of carbonyl (C=O) groups is 1. The third-order valence-corrected chi connectivity index (χ3v) is 4.92. The summed E-state index contributed by atoms with van der Waals surface area (Å²) in [7, 11) is 3.40. The molecular weight excluding hydrogens is 370 g/mol. The highest BCUT2D eigenvalue weighted by molar-refractivity contribution is 7.08. The van der Waals surface area contributed by atoms with Gasteiger partial charge >= 0.3 is 0 Å². The second-order valence-corrected chi connectivity index (χ2v) is 7.12. The molecule has 0 unspecified atom stereocenters. The number of benzene rings is 2. The molecule has 0 bridgehead atoms. The van der Waals surface area contributed by atoms with E-state index in [4.69, 9.17) is 9.47 Å². The Morgan fingerprint density at radius 2 is 1.89 bits per heavy atom. The van der Waals surface area contributed by atoms with Crippen molar-refractivity contribution in [2.75, 3.05) is 14.2 Å². The van der Waals surface area contributed by atoms with Crippen LogP contribution in [-0.2, 0) is 17.9 Å². The van der Waals surface area contributed by atoms with Crippen molar-refractivity contribution in [3.63, 3.8) is 0 Å². The van der Waals surface area contributed by atoms with Crippen LogP contribution in [0, 0.1) is 0 Å². The fourth-order valence-electron chi connectivity index (χ4n) is 2.68. The summed E-state index contributed by atoms with van der Waals surface area (Å²) < 4.78 is 11.4. The predicted octanol–water partition coefficient (Wildman–Crippen LogP) is 5.01. The number of amides is 1. The van der Waals surface area contributed by atoms with Crippen molar-refractivity contribution in [2.24, 2.45) is 0 Å². The van der Waals surface area contributed by atoms with E-state index in [-0.39, 0.29) is 5.91 Å². The zero-order chi connectivity index (χ0) is 19.8. The Morgan fingerprint density at radius 3 is 2.61 bits per heavy atom. The minimum atomic E-state index is -0.0467. The van der Waals surface area contributed by atoms with Crippen molar-refractivity contribution < 1.29 is 14.3 Å². The Kier molecular flexibility index (Phi) is 6.87. The molecule has 0 saturated carbocycles. The molecule has 1 aromatic heterocycles. The van der Waals surface area contributed by atoms with Crippen molar-refractivity contribution >= 4 is 23.3 Å². The summed E-state index contributed by atoms with van der Waals surface area (Å²) in [6.07, 6.45) is 3.42. The molecule has 1 amide bonds. The third kappa shape index (κ3) is 5.47. The van der Waals surface area contributed by atoms with Crippen LogP contribution in [0.25, 0.3) is 6.08 Å². The summed E-state index contributed by atoms with van der Waals surface area (Å²) in [6.45, 7) is 0.963. The first-order valence-corrected chi connectivity index (χ1v) is 9.89. The first kappa shape index (κ1) is 19.7. The van der Waals surface area contributed by atoms with E-state index in [1.807, 2.05) is 71.4 Å². The molecular formula is C23H23NO3S. The molecule has 0 atom stereocenters. The van der Waals surface area contributed by atoms with Crippen LogP contribution < -0.4 is 9.47 Å². The van der Waals surface area contributed by atoms with Gasteiger partial charge in [-0.05, 0) is 51.7 Å². The normalized spacial score (nSPS) is 10.8. The lowest BCUT2D eigenvalue weighted by atomic mass is 10.2. The largest absolute Gasteiger partial charge is 0.493 e. The number of methoxy groups -OCH3 is 1. The van der Waals surface area contributed by atoms with Crippen LogP contribution in [0.15, 0.2) is 71.4 Å². The maximum atomic E-state index is 12.3. The van der Waals surface area contributed by atoms with Crippen molar-refractivity contribution in [1.82, 2.24) is 4.90 Å². The van der Waals surface area contributed by atoms with Gasteiger partial charge in [-0.3, -0.25) is 4.79 Å². The van der Waals surface area contributed by atoms with Gasteiger partial charge < -0.3 is 14.4 Å². The fraction of sp³-hybridized carbons (Fsp3) is 0.174. The zero-order valence-corrected chi connectivity index (χ0v) is 16.8.